The fourth-order valence-electron chi connectivity index (χ4n) is 5.47. The highest BCUT2D eigenvalue weighted by atomic mass is 16.7. The van der Waals surface area contributed by atoms with Crippen molar-refractivity contribution >= 4 is 12.7 Å². The zero-order valence-electron chi connectivity index (χ0n) is 18.5. The molecule has 28 heavy (non-hydrogen) atoms. The maximum absolute atomic E-state index is 6.62. The van der Waals surface area contributed by atoms with Gasteiger partial charge in [0, 0.05) is 17.6 Å². The van der Waals surface area contributed by atoms with Crippen LogP contribution in [0.3, 0.4) is 0 Å². The Kier molecular flexibility index (Phi) is 7.51. The van der Waals surface area contributed by atoms with Crippen LogP contribution in [0.1, 0.15) is 91.9 Å². The molecule has 1 N–H and O–H groups in total. The number of hydroxylamine groups is 2. The van der Waals surface area contributed by atoms with E-state index in [9.17, 15) is 0 Å². The topological polar surface area (TPSA) is 52.5 Å². The summed E-state index contributed by atoms with van der Waals surface area (Å²) in [6, 6.07) is 0. The second-order valence-corrected chi connectivity index (χ2v) is 10.1. The summed E-state index contributed by atoms with van der Waals surface area (Å²) in [5, 5.41) is 4.33. The number of aliphatic imine (C=N–C) groups is 2. The molecule has 0 amide bonds. The Morgan fingerprint density at radius 3 is 2.39 bits per heavy atom. The minimum Gasteiger partial charge on any atom is -0.295 e. The fourth-order valence-corrected chi connectivity index (χ4v) is 5.47. The van der Waals surface area contributed by atoms with Gasteiger partial charge in [-0.05, 0) is 65.7 Å². The van der Waals surface area contributed by atoms with Gasteiger partial charge in [0.2, 0.25) is 0 Å². The van der Waals surface area contributed by atoms with Crippen molar-refractivity contribution in [1.82, 2.24) is 15.5 Å². The van der Waals surface area contributed by atoms with Crippen molar-refractivity contribution in [3.05, 3.63) is 0 Å². The van der Waals surface area contributed by atoms with Crippen LogP contribution >= 0.6 is 0 Å². The zero-order valence-corrected chi connectivity index (χ0v) is 18.5. The van der Waals surface area contributed by atoms with E-state index in [1.165, 1.54) is 64.2 Å². The van der Waals surface area contributed by atoms with Crippen LogP contribution in [0.2, 0.25) is 0 Å². The van der Waals surface area contributed by atoms with E-state index in [1.54, 1.807) is 12.7 Å². The first-order valence-electron chi connectivity index (χ1n) is 11.4. The third kappa shape index (κ3) is 6.01. The van der Waals surface area contributed by atoms with E-state index in [1.807, 2.05) is 5.01 Å². The van der Waals surface area contributed by atoms with Crippen molar-refractivity contribution in [2.75, 3.05) is 13.2 Å². The molecule has 3 aliphatic rings. The van der Waals surface area contributed by atoms with Crippen LogP contribution in [0.5, 0.6) is 0 Å². The molecule has 2 aliphatic heterocycles. The molecule has 160 valence electrons. The monoisotopic (exact) mass is 391 g/mol. The van der Waals surface area contributed by atoms with E-state index in [0.717, 1.165) is 12.5 Å². The summed E-state index contributed by atoms with van der Waals surface area (Å²) in [4.78, 5) is 14.8. The second-order valence-electron chi connectivity index (χ2n) is 10.1. The molecule has 0 aromatic carbocycles. The first-order valence-corrected chi connectivity index (χ1v) is 11.4. The summed E-state index contributed by atoms with van der Waals surface area (Å²) < 4.78 is 0. The summed E-state index contributed by atoms with van der Waals surface area (Å²) in [7, 11) is 0. The van der Waals surface area contributed by atoms with E-state index in [-0.39, 0.29) is 11.1 Å². The second kappa shape index (κ2) is 9.68. The summed E-state index contributed by atoms with van der Waals surface area (Å²) >= 11 is 0. The molecule has 0 spiro atoms. The van der Waals surface area contributed by atoms with E-state index in [4.69, 9.17) is 4.84 Å². The molecule has 1 aliphatic carbocycles. The van der Waals surface area contributed by atoms with Gasteiger partial charge in [0.15, 0.2) is 0 Å². The number of unbranched alkanes of at least 4 members (excludes halogenated alkanes) is 1. The first-order chi connectivity index (χ1) is 13.4. The van der Waals surface area contributed by atoms with Gasteiger partial charge in [-0.25, -0.2) is 10.4 Å². The molecule has 3 rings (SSSR count). The van der Waals surface area contributed by atoms with Crippen molar-refractivity contribution in [2.24, 2.45) is 15.9 Å². The smallest absolute Gasteiger partial charge is 0.127 e. The molecule has 0 atom stereocenters. The van der Waals surface area contributed by atoms with Crippen LogP contribution in [-0.4, -0.2) is 53.1 Å². The van der Waals surface area contributed by atoms with Gasteiger partial charge in [0.1, 0.15) is 19.3 Å². The fraction of sp³-hybridized carbons (Fsp3) is 0.909. The Balaban J connectivity index is 1.42. The quantitative estimate of drug-likeness (QED) is 0.618. The van der Waals surface area contributed by atoms with Gasteiger partial charge >= 0.3 is 0 Å². The number of hydrogen-bond acceptors (Lipinski definition) is 6. The predicted octanol–water partition coefficient (Wildman–Crippen LogP) is 4.52. The normalized spacial score (nSPS) is 26.1. The van der Waals surface area contributed by atoms with Crippen molar-refractivity contribution in [3.63, 3.8) is 0 Å². The maximum Gasteiger partial charge on any atom is 0.127 e. The van der Waals surface area contributed by atoms with E-state index in [2.05, 4.69) is 48.2 Å². The van der Waals surface area contributed by atoms with Gasteiger partial charge in [-0.15, -0.1) is 0 Å². The molecule has 6 nitrogen and oxygen atoms in total. The standard InChI is InChI=1S/C22H41N5O/c1-21(2)14-19(10-8-9-13-25-26-17-23-16-24-18-26)15-22(3,4)27(21)28-20-11-6-5-7-12-20/h16-17,19-20,25H,5-15,18H2,1-4H3. The summed E-state index contributed by atoms with van der Waals surface area (Å²) in [5.74, 6) is 0.775. The molecular weight excluding hydrogens is 350 g/mol. The number of rotatable bonds is 8. The molecule has 0 aromatic rings. The average molecular weight is 392 g/mol. The number of nitrogens with one attached hydrogen (secondary N) is 1. The predicted molar refractivity (Wildman–Crippen MR) is 116 cm³/mol. The molecule has 2 heterocycles. The number of piperidine rings is 1. The Morgan fingerprint density at radius 2 is 1.75 bits per heavy atom. The lowest BCUT2D eigenvalue weighted by molar-refractivity contribution is -0.314. The van der Waals surface area contributed by atoms with Crippen molar-refractivity contribution in [1.29, 1.82) is 0 Å². The van der Waals surface area contributed by atoms with Gasteiger partial charge in [0.05, 0.1) is 6.10 Å². The summed E-state index contributed by atoms with van der Waals surface area (Å²) in [5.41, 5.74) is 3.59. The molecule has 2 fully saturated rings. The van der Waals surface area contributed by atoms with Crippen LogP contribution in [-0.2, 0) is 4.84 Å². The SMILES string of the molecule is CC1(C)CC(CCCCNN2C=NC=NC2)CC(C)(C)N1OC1CCCCC1. The van der Waals surface area contributed by atoms with Gasteiger partial charge in [-0.3, -0.25) is 14.8 Å². The lowest BCUT2D eigenvalue weighted by Gasteiger charge is -2.55. The van der Waals surface area contributed by atoms with E-state index in [0.29, 0.717) is 12.8 Å². The molecule has 0 unspecified atom stereocenters. The Labute approximate surface area is 171 Å². The molecule has 0 radical (unpaired) electrons. The highest BCUT2D eigenvalue weighted by Crippen LogP contribution is 2.44. The van der Waals surface area contributed by atoms with Gasteiger partial charge in [0.25, 0.3) is 0 Å². The minimum absolute atomic E-state index is 0.102. The lowest BCUT2D eigenvalue weighted by atomic mass is 9.73. The molecule has 0 bridgehead atoms. The van der Waals surface area contributed by atoms with Crippen molar-refractivity contribution < 1.29 is 4.84 Å². The molecular formula is C22H41N5O. The van der Waals surface area contributed by atoms with E-state index < -0.39 is 0 Å². The van der Waals surface area contributed by atoms with Crippen LogP contribution < -0.4 is 5.43 Å². The van der Waals surface area contributed by atoms with Crippen molar-refractivity contribution in [2.45, 2.75) is 109 Å². The van der Waals surface area contributed by atoms with Crippen LogP contribution in [0.15, 0.2) is 9.98 Å². The third-order valence-corrected chi connectivity index (χ3v) is 6.43. The van der Waals surface area contributed by atoms with Gasteiger partial charge in [-0.2, -0.15) is 5.06 Å². The van der Waals surface area contributed by atoms with E-state index >= 15 is 0 Å². The summed E-state index contributed by atoms with van der Waals surface area (Å²) in [6.07, 6.45) is 16.5. The molecule has 1 saturated carbocycles. The molecule has 0 aromatic heterocycles. The van der Waals surface area contributed by atoms with Crippen LogP contribution in [0, 0.1) is 5.92 Å². The minimum atomic E-state index is 0.102. The molecule has 6 heteroatoms. The Morgan fingerprint density at radius 1 is 1.04 bits per heavy atom. The third-order valence-electron chi connectivity index (χ3n) is 6.43. The highest BCUT2D eigenvalue weighted by molar-refractivity contribution is 5.72. The van der Waals surface area contributed by atoms with Crippen LogP contribution in [0.4, 0.5) is 0 Å². The average Bonchev–Trinajstić information content (AvgIpc) is 2.66. The zero-order chi connectivity index (χ0) is 20.0. The largest absolute Gasteiger partial charge is 0.295 e. The highest BCUT2D eigenvalue weighted by Gasteiger charge is 2.47. The number of hydrazine groups is 1. The molecule has 1 saturated heterocycles. The lowest BCUT2D eigenvalue weighted by Crippen LogP contribution is -2.61. The number of nitrogens with zero attached hydrogens (tertiary/aromatic N) is 4. The van der Waals surface area contributed by atoms with Gasteiger partial charge in [-0.1, -0.05) is 32.1 Å². The van der Waals surface area contributed by atoms with Crippen LogP contribution in [0.25, 0.3) is 0 Å². The summed E-state index contributed by atoms with van der Waals surface area (Å²) in [6.45, 7) is 11.1. The van der Waals surface area contributed by atoms with Crippen molar-refractivity contribution in [3.8, 4) is 0 Å². The Bertz CT molecular complexity index is 521. The maximum atomic E-state index is 6.62. The van der Waals surface area contributed by atoms with Gasteiger partial charge < -0.3 is 0 Å². The first kappa shape index (κ1) is 21.7. The number of hydrogen-bond donors (Lipinski definition) is 1. The Hall–Kier alpha value is -0.980.